The number of pyridine rings is 1. The maximum absolute atomic E-state index is 13.1. The molecule has 3 aromatic rings. The smallest absolute Gasteiger partial charge is 0.331 e. The second-order valence-corrected chi connectivity index (χ2v) is 5.45. The van der Waals surface area contributed by atoms with Crippen molar-refractivity contribution >= 4 is 35.1 Å². The molecule has 0 aliphatic carbocycles. The highest BCUT2D eigenvalue weighted by Gasteiger charge is 2.10. The number of nitrogens with zero attached hydrogens (tertiary/aromatic N) is 2. The van der Waals surface area contributed by atoms with Crippen molar-refractivity contribution in [2.75, 3.05) is 6.61 Å². The largest absolute Gasteiger partial charge is 0.454 e. The van der Waals surface area contributed by atoms with Gasteiger partial charge in [0.1, 0.15) is 11.5 Å². The molecule has 0 unspecified atom stereocenters. The zero-order valence-electron chi connectivity index (χ0n) is 12.9. The normalized spacial score (nSPS) is 11.1. The molecule has 7 heteroatoms. The van der Waals surface area contributed by atoms with E-state index < -0.39 is 24.2 Å². The molecular weight excluding hydrogens is 347 g/mol. The Hall–Kier alpha value is -2.99. The Kier molecular flexibility index (Phi) is 4.90. The Bertz CT molecular complexity index is 981. The number of benzene rings is 1. The summed E-state index contributed by atoms with van der Waals surface area (Å²) in [5, 5.41) is 0.242. The molecule has 0 amide bonds. The molecule has 2 heterocycles. The zero-order valence-corrected chi connectivity index (χ0v) is 13.6. The first kappa shape index (κ1) is 16.9. The number of halogens is 2. The fourth-order valence-electron chi connectivity index (χ4n) is 2.21. The van der Waals surface area contributed by atoms with Crippen LogP contribution < -0.4 is 0 Å². The molecule has 0 spiro atoms. The predicted molar refractivity (Wildman–Crippen MR) is 90.9 cm³/mol. The Labute approximate surface area is 147 Å². The fraction of sp³-hybridized carbons (Fsp3) is 0.0556. The van der Waals surface area contributed by atoms with Gasteiger partial charge in [-0.2, -0.15) is 0 Å². The molecule has 0 saturated carbocycles. The van der Waals surface area contributed by atoms with E-state index in [0.29, 0.717) is 11.3 Å². The van der Waals surface area contributed by atoms with Crippen molar-refractivity contribution in [3.05, 3.63) is 77.0 Å². The van der Waals surface area contributed by atoms with Gasteiger partial charge < -0.3 is 4.74 Å². The van der Waals surface area contributed by atoms with E-state index in [0.717, 1.165) is 12.1 Å². The number of hydrogen-bond acceptors (Lipinski definition) is 4. The van der Waals surface area contributed by atoms with Gasteiger partial charge in [0.2, 0.25) is 0 Å². The van der Waals surface area contributed by atoms with E-state index in [4.69, 9.17) is 16.3 Å². The molecule has 0 atom stereocenters. The molecule has 25 heavy (non-hydrogen) atoms. The lowest BCUT2D eigenvalue weighted by molar-refractivity contribution is -0.136. The van der Waals surface area contributed by atoms with Crippen LogP contribution in [-0.4, -0.2) is 27.7 Å². The van der Waals surface area contributed by atoms with Crippen LogP contribution >= 0.6 is 11.6 Å². The van der Waals surface area contributed by atoms with Gasteiger partial charge >= 0.3 is 5.97 Å². The first-order chi connectivity index (χ1) is 12.0. The van der Waals surface area contributed by atoms with E-state index in [1.807, 2.05) is 6.07 Å². The number of Topliss-reactive ketones (excluding diaryl/α,β-unsaturated/α-hetero) is 1. The van der Waals surface area contributed by atoms with E-state index in [1.54, 1.807) is 22.7 Å². The van der Waals surface area contributed by atoms with Gasteiger partial charge in [-0.1, -0.05) is 29.8 Å². The average molecular weight is 359 g/mol. The summed E-state index contributed by atoms with van der Waals surface area (Å²) in [6.07, 6.45) is 4.37. The molecule has 0 saturated heterocycles. The first-order valence-electron chi connectivity index (χ1n) is 7.31. The van der Waals surface area contributed by atoms with Crippen LogP contribution in [0.5, 0.6) is 0 Å². The van der Waals surface area contributed by atoms with Crippen LogP contribution in [0.4, 0.5) is 4.39 Å². The van der Waals surface area contributed by atoms with Crippen molar-refractivity contribution in [2.45, 2.75) is 0 Å². The van der Waals surface area contributed by atoms with E-state index >= 15 is 0 Å². The number of ether oxygens (including phenoxy) is 1. The lowest BCUT2D eigenvalue weighted by atomic mass is 10.1. The van der Waals surface area contributed by atoms with Crippen molar-refractivity contribution in [1.82, 2.24) is 9.38 Å². The number of rotatable bonds is 5. The van der Waals surface area contributed by atoms with Crippen LogP contribution in [0.25, 0.3) is 11.7 Å². The molecule has 0 radical (unpaired) electrons. The number of fused-ring (bicyclic) bond motifs is 1. The maximum atomic E-state index is 13.1. The maximum Gasteiger partial charge on any atom is 0.331 e. The first-order valence-corrected chi connectivity index (χ1v) is 7.68. The van der Waals surface area contributed by atoms with E-state index in [1.165, 1.54) is 24.3 Å². The number of esters is 1. The van der Waals surface area contributed by atoms with Crippen LogP contribution in [0.15, 0.2) is 54.7 Å². The lowest BCUT2D eigenvalue weighted by Crippen LogP contribution is -2.12. The number of hydrogen-bond donors (Lipinski definition) is 0. The summed E-state index contributed by atoms with van der Waals surface area (Å²) < 4.78 is 19.7. The number of aromatic nitrogens is 2. The number of carbonyl (C=O) groups is 2. The van der Waals surface area contributed by atoms with Gasteiger partial charge in [-0.15, -0.1) is 0 Å². The average Bonchev–Trinajstić information content (AvgIpc) is 2.93. The molecule has 126 valence electrons. The highest BCUT2D eigenvalue weighted by Crippen LogP contribution is 2.18. The van der Waals surface area contributed by atoms with Crippen molar-refractivity contribution < 1.29 is 18.7 Å². The molecule has 0 bridgehead atoms. The summed E-state index contributed by atoms with van der Waals surface area (Å²) in [5.74, 6) is -1.74. The summed E-state index contributed by atoms with van der Waals surface area (Å²) in [6.45, 7) is -0.479. The third-order valence-corrected chi connectivity index (χ3v) is 3.67. The molecule has 5 nitrogen and oxygen atoms in total. The van der Waals surface area contributed by atoms with Gasteiger partial charge in [0.25, 0.3) is 0 Å². The van der Waals surface area contributed by atoms with Crippen LogP contribution in [0, 0.1) is 5.82 Å². The van der Waals surface area contributed by atoms with Gasteiger partial charge in [0.15, 0.2) is 17.5 Å². The van der Waals surface area contributed by atoms with Crippen molar-refractivity contribution in [3.8, 4) is 0 Å². The summed E-state index contributed by atoms with van der Waals surface area (Å²) in [7, 11) is 0. The molecular formula is C18H12ClFN2O3. The minimum Gasteiger partial charge on any atom is -0.454 e. The van der Waals surface area contributed by atoms with Crippen LogP contribution in [0.3, 0.4) is 0 Å². The number of carbonyl (C=O) groups excluding carboxylic acids is 2. The van der Waals surface area contributed by atoms with E-state index in [2.05, 4.69) is 4.98 Å². The van der Waals surface area contributed by atoms with Crippen LogP contribution in [-0.2, 0) is 9.53 Å². The monoisotopic (exact) mass is 358 g/mol. The lowest BCUT2D eigenvalue weighted by Gasteiger charge is -2.02. The van der Waals surface area contributed by atoms with E-state index in [-0.39, 0.29) is 10.7 Å². The summed E-state index contributed by atoms with van der Waals surface area (Å²) >= 11 is 6.05. The molecule has 0 N–H and O–H groups in total. The minimum atomic E-state index is -0.716. The van der Waals surface area contributed by atoms with Gasteiger partial charge in [-0.3, -0.25) is 9.20 Å². The second kappa shape index (κ2) is 7.27. The summed E-state index contributed by atoms with van der Waals surface area (Å²) in [6, 6.07) is 10.6. The third kappa shape index (κ3) is 3.92. The summed E-state index contributed by atoms with van der Waals surface area (Å²) in [4.78, 5) is 27.8. The number of ketones is 1. The van der Waals surface area contributed by atoms with Gasteiger partial charge in [-0.05, 0) is 30.3 Å². The topological polar surface area (TPSA) is 60.7 Å². The molecule has 3 rings (SSSR count). The quantitative estimate of drug-likeness (QED) is 0.397. The van der Waals surface area contributed by atoms with Crippen LogP contribution in [0.1, 0.15) is 16.1 Å². The van der Waals surface area contributed by atoms with Gasteiger partial charge in [0, 0.05) is 17.8 Å². The molecule has 0 aliphatic heterocycles. The zero-order chi connectivity index (χ0) is 17.8. The van der Waals surface area contributed by atoms with Gasteiger partial charge in [-0.25, -0.2) is 14.2 Å². The SMILES string of the molecule is O=C(/C=C/c1c(Cl)nc2ccccn12)OCC(=O)c1cccc(F)c1. The minimum absolute atomic E-state index is 0.140. The van der Waals surface area contributed by atoms with Crippen LogP contribution in [0.2, 0.25) is 5.15 Å². The van der Waals surface area contributed by atoms with Crippen molar-refractivity contribution in [3.63, 3.8) is 0 Å². The Balaban J connectivity index is 1.65. The molecule has 0 fully saturated rings. The Morgan fingerprint density at radius 1 is 1.24 bits per heavy atom. The van der Waals surface area contributed by atoms with Crippen molar-refractivity contribution in [1.29, 1.82) is 0 Å². The highest BCUT2D eigenvalue weighted by molar-refractivity contribution is 6.31. The van der Waals surface area contributed by atoms with Gasteiger partial charge in [0.05, 0.1) is 5.69 Å². The fourth-order valence-corrected chi connectivity index (χ4v) is 2.45. The predicted octanol–water partition coefficient (Wildman–Crippen LogP) is 3.57. The highest BCUT2D eigenvalue weighted by atomic mass is 35.5. The molecule has 1 aromatic carbocycles. The molecule has 2 aromatic heterocycles. The Morgan fingerprint density at radius 2 is 2.08 bits per heavy atom. The summed E-state index contributed by atoms with van der Waals surface area (Å²) in [5.41, 5.74) is 1.30. The standard InChI is InChI=1S/C18H12ClFN2O3/c19-18-14(22-9-2-1-6-16(22)21-18)7-8-17(24)25-11-15(23)12-4-3-5-13(20)10-12/h1-10H,11H2/b8-7+. The molecule has 0 aliphatic rings. The van der Waals surface area contributed by atoms with E-state index in [9.17, 15) is 14.0 Å². The second-order valence-electron chi connectivity index (χ2n) is 5.09. The Morgan fingerprint density at radius 3 is 2.88 bits per heavy atom. The number of imidazole rings is 1. The van der Waals surface area contributed by atoms with Crippen molar-refractivity contribution in [2.24, 2.45) is 0 Å². The third-order valence-electron chi connectivity index (χ3n) is 3.39.